The highest BCUT2D eigenvalue weighted by Crippen LogP contribution is 2.07. The van der Waals surface area contributed by atoms with Gasteiger partial charge in [-0.3, -0.25) is 81.5 Å². The monoisotopic (exact) mass is 1180 g/mol. The Hall–Kier alpha value is -10.2. The Morgan fingerprint density at radius 3 is 0.805 bits per heavy atom. The highest BCUT2D eigenvalue weighted by Gasteiger charge is 2.36. The molecule has 458 valence electrons. The van der Waals surface area contributed by atoms with Crippen LogP contribution in [-0.2, 0) is 91.1 Å². The van der Waals surface area contributed by atoms with Crippen LogP contribution in [0.2, 0.25) is 0 Å². The van der Waals surface area contributed by atoms with Crippen LogP contribution in [0.4, 0.5) is 0 Å². The molecule has 0 unspecified atom stereocenters. The van der Waals surface area contributed by atoms with Crippen molar-refractivity contribution in [2.75, 3.05) is 6.61 Å². The third kappa shape index (κ3) is 31.9. The van der Waals surface area contributed by atoms with E-state index in [1.807, 2.05) is 26.6 Å². The van der Waals surface area contributed by atoms with Crippen LogP contribution in [-0.4, -0.2) is 221 Å². The van der Waals surface area contributed by atoms with Gasteiger partial charge in [0.2, 0.25) is 70.9 Å². The molecule has 28 N–H and O–H groups in total. The number of nitrogens with two attached hydrogens (primary N) is 6. The third-order valence-electron chi connectivity index (χ3n) is 9.98. The Balaban J connectivity index is 0. The summed E-state index contributed by atoms with van der Waals surface area (Å²) in [4.78, 5) is 223. The Labute approximate surface area is 458 Å². The molecule has 82 heavy (non-hydrogen) atoms. The molecular formula is C41H62N14O27. The number of hydrogen-bond acceptors (Lipinski definition) is 22. The van der Waals surface area contributed by atoms with Crippen LogP contribution in [0.1, 0.15) is 70.6 Å². The highest BCUT2D eigenvalue weighted by molar-refractivity contribution is 6.00. The number of aliphatic carboxylic acids is 7. The van der Waals surface area contributed by atoms with E-state index >= 15 is 0 Å². The summed E-state index contributed by atoms with van der Waals surface area (Å²) < 4.78 is 0. The minimum Gasteiger partial charge on any atom is -0.481 e. The van der Waals surface area contributed by atoms with E-state index in [1.54, 1.807) is 5.32 Å². The van der Waals surface area contributed by atoms with Gasteiger partial charge in [-0.05, 0) is 12.8 Å². The van der Waals surface area contributed by atoms with Crippen LogP contribution in [0.15, 0.2) is 0 Å². The van der Waals surface area contributed by atoms with E-state index in [4.69, 9.17) is 65.0 Å². The van der Waals surface area contributed by atoms with Crippen molar-refractivity contribution in [1.82, 2.24) is 42.5 Å². The fraction of sp³-hybridized carbons (Fsp3) is 0.537. The van der Waals surface area contributed by atoms with Gasteiger partial charge in [-0.2, -0.15) is 0 Å². The average Bonchev–Trinajstić information content (AvgIpc) is 3.32. The van der Waals surface area contributed by atoms with Crippen LogP contribution in [0, 0.1) is 0 Å². The summed E-state index contributed by atoms with van der Waals surface area (Å²) in [6.07, 6.45) is -8.70. The summed E-state index contributed by atoms with van der Waals surface area (Å²) >= 11 is 0. The van der Waals surface area contributed by atoms with Gasteiger partial charge in [-0.25, -0.2) is 9.59 Å². The number of hydrogen-bond donors (Lipinski definition) is 22. The number of rotatable bonds is 39. The zero-order chi connectivity index (χ0) is 63.9. The fourth-order valence-corrected chi connectivity index (χ4v) is 6.01. The maximum atomic E-state index is 12.8. The molecule has 12 amide bonds. The maximum Gasteiger partial charge on any atom is 0.326 e. The Kier molecular flexibility index (Phi) is 33.2. The molecule has 0 aliphatic heterocycles. The van der Waals surface area contributed by atoms with E-state index < -0.39 is 250 Å². The first-order valence-electron chi connectivity index (χ1n) is 23.0. The van der Waals surface area contributed by atoms with Gasteiger partial charge < -0.3 is 118 Å². The zero-order valence-electron chi connectivity index (χ0n) is 42.6. The number of carboxylic acids is 7. The van der Waals surface area contributed by atoms with E-state index in [2.05, 4.69) is 10.6 Å². The Bertz CT molecular complexity index is 2460. The first-order chi connectivity index (χ1) is 37.8. The van der Waals surface area contributed by atoms with E-state index in [0.717, 1.165) is 0 Å². The molecule has 0 bridgehead atoms. The molecule has 41 heteroatoms. The van der Waals surface area contributed by atoms with Gasteiger partial charge in [0.1, 0.15) is 48.3 Å². The summed E-state index contributed by atoms with van der Waals surface area (Å²) in [5.74, 6) is -25.7. The van der Waals surface area contributed by atoms with Gasteiger partial charge in [-0.1, -0.05) is 0 Å². The number of aliphatic hydroxyl groups excluding tert-OH is 1. The molecule has 0 fully saturated rings. The van der Waals surface area contributed by atoms with Gasteiger partial charge in [0, 0.05) is 12.8 Å². The molecule has 41 nitrogen and oxygen atoms in total. The number of carboxylic acid groups (broad SMARTS) is 7. The molecule has 0 heterocycles. The summed E-state index contributed by atoms with van der Waals surface area (Å²) in [7, 11) is 0. The van der Waals surface area contributed by atoms with Gasteiger partial charge in [0.15, 0.2) is 0 Å². The molecule has 0 saturated heterocycles. The number of amides is 12. The number of aliphatic hydroxyl groups is 1. The molecule has 0 aliphatic rings. The lowest BCUT2D eigenvalue weighted by atomic mass is 10.1. The van der Waals surface area contributed by atoms with Crippen LogP contribution in [0.3, 0.4) is 0 Å². The number of carbonyl (C=O) groups excluding carboxylic acids is 12. The summed E-state index contributed by atoms with van der Waals surface area (Å²) in [5, 5.41) is 88.2. The van der Waals surface area contributed by atoms with Crippen molar-refractivity contribution in [3.8, 4) is 0 Å². The van der Waals surface area contributed by atoms with Crippen molar-refractivity contribution in [3.05, 3.63) is 0 Å². The quantitative estimate of drug-likeness (QED) is 0.0272. The van der Waals surface area contributed by atoms with E-state index in [9.17, 15) is 101 Å². The van der Waals surface area contributed by atoms with Gasteiger partial charge >= 0.3 is 41.8 Å². The highest BCUT2D eigenvalue weighted by atomic mass is 16.4. The lowest BCUT2D eigenvalue weighted by molar-refractivity contribution is -0.145. The molecule has 10 atom stereocenters. The van der Waals surface area contributed by atoms with Crippen LogP contribution in [0.25, 0.3) is 0 Å². The van der Waals surface area contributed by atoms with Crippen molar-refractivity contribution in [1.29, 1.82) is 0 Å². The van der Waals surface area contributed by atoms with Crippen LogP contribution in [0.5, 0.6) is 0 Å². The van der Waals surface area contributed by atoms with Crippen molar-refractivity contribution >= 4 is 113 Å². The maximum absolute atomic E-state index is 12.8. The molecule has 0 aromatic rings. The molecule has 0 radical (unpaired) electrons. The van der Waals surface area contributed by atoms with Gasteiger partial charge in [0.05, 0.1) is 63.6 Å². The minimum absolute atomic E-state index is 0.408. The first kappa shape index (κ1) is 73.9. The van der Waals surface area contributed by atoms with E-state index in [-0.39, 0.29) is 0 Å². The van der Waals surface area contributed by atoms with Crippen LogP contribution < -0.4 is 76.9 Å². The molecule has 0 rings (SSSR count). The average molecular weight is 1180 g/mol. The number of nitrogens with one attached hydrogen (secondary N) is 8. The van der Waals surface area contributed by atoms with Gasteiger partial charge in [0.25, 0.3) is 0 Å². The fourth-order valence-electron chi connectivity index (χ4n) is 6.01. The van der Waals surface area contributed by atoms with E-state index in [0.29, 0.717) is 0 Å². The second kappa shape index (κ2) is 36.8. The van der Waals surface area contributed by atoms with Crippen LogP contribution >= 0.6 is 0 Å². The predicted molar refractivity (Wildman–Crippen MR) is 259 cm³/mol. The van der Waals surface area contributed by atoms with Crippen molar-refractivity contribution in [3.63, 3.8) is 0 Å². The summed E-state index contributed by atoms with van der Waals surface area (Å²) in [6, 6.07) is -18.3. The second-order valence-electron chi connectivity index (χ2n) is 16.9. The van der Waals surface area contributed by atoms with Crippen molar-refractivity contribution in [2.45, 2.75) is 131 Å². The van der Waals surface area contributed by atoms with Gasteiger partial charge in [-0.15, -0.1) is 0 Å². The molecular weight excluding hydrogens is 1120 g/mol. The first-order valence-corrected chi connectivity index (χ1v) is 23.0. The molecule has 0 aliphatic carbocycles. The van der Waals surface area contributed by atoms with E-state index in [1.165, 1.54) is 0 Å². The lowest BCUT2D eigenvalue weighted by Crippen LogP contribution is -2.59. The smallest absolute Gasteiger partial charge is 0.326 e. The molecule has 0 saturated carbocycles. The zero-order valence-corrected chi connectivity index (χ0v) is 42.6. The SMILES string of the molecule is NC(=O)CC[C@H](NC(=O)[C@H](CCC(N)=O)NC(=O)[C@H](CO)NC(=O)[C@H](CC(=O)O)NC(=O)[C@@H](N)CC(=O)O)C(=O)O.NC(=O)C[C@H](NC(=O)[C@H](CC(=O)O)NC(=O)[C@H](CC(N)=O)NC(=O)[C@H](CC(=O)O)NC(=O)[C@@H](N)CC(=O)O)C(=O)O. The second-order valence-corrected chi connectivity index (χ2v) is 16.9. The normalized spacial score (nSPS) is 14.1. The van der Waals surface area contributed by atoms with Crippen molar-refractivity contribution < 1.29 is 132 Å². The lowest BCUT2D eigenvalue weighted by Gasteiger charge is -2.25. The topological polar surface area (TPSA) is 739 Å². The minimum atomic E-state index is -2.04. The number of carbonyl (C=O) groups is 19. The summed E-state index contributed by atoms with van der Waals surface area (Å²) in [5.41, 5.74) is 30.8. The molecule has 0 aromatic carbocycles. The largest absolute Gasteiger partial charge is 0.481 e. The Morgan fingerprint density at radius 2 is 0.512 bits per heavy atom. The standard InChI is InChI=1S/C21H33N7O13.C20H29N7O14/c22-8(5-15(32)33)17(36)27-11(6-16(34)35)19(38)28-12(7-29)20(39)25-9(1-3-13(23)30)18(37)26-10(21(40)41)2-4-14(24)31;21-6(1-13(30)31)16(36)24-8(4-14(32)33)18(38)25-7(2-11(22)28)17(37)26-9(5-15(34)35)19(39)27-10(20(40)41)3-12(23)29/h8-12,29H,1-7,22H2,(H2,23,30)(H2,24,31)(H,25,39)(H,26,37)(H,27,36)(H,28,38)(H,32,33)(H,34,35)(H,40,41);6-10H,1-5,21H2,(H2,22,28)(H2,23,29)(H,24,36)(H,25,38)(H,26,37)(H,27,39)(H,30,31)(H,32,33)(H,34,35)(H,40,41)/t8-,9-,10-,11-,12-;6-,7-,8-,9-,10-/m00/s1. The number of primary amides is 4. The third-order valence-corrected chi connectivity index (χ3v) is 9.98. The molecule has 0 aromatic heterocycles. The predicted octanol–water partition coefficient (Wildman–Crippen LogP) is -12.7. The molecule has 0 spiro atoms. The van der Waals surface area contributed by atoms with Crippen molar-refractivity contribution in [2.24, 2.45) is 34.4 Å². The Morgan fingerprint density at radius 1 is 0.280 bits per heavy atom. The summed E-state index contributed by atoms with van der Waals surface area (Å²) in [6.45, 7) is -1.12.